The standard InChI is InChI=1S/C13H19NO6P2S2/c1-3-24(4-2)22(17,20-21(15,16)23)19-13-10-12(18-14-13)11-8-6-5-7-9-11/h5-10,17H,3-4H2,1-2H3,(H2,15,16,23). The third-order valence-electron chi connectivity index (χ3n) is 2.96. The van der Waals surface area contributed by atoms with Gasteiger partial charge in [-0.05, 0) is 28.5 Å². The Labute approximate surface area is 147 Å². The van der Waals surface area contributed by atoms with Gasteiger partial charge in [-0.2, -0.15) is 0 Å². The van der Waals surface area contributed by atoms with Crippen molar-refractivity contribution in [3.63, 3.8) is 0 Å². The quantitative estimate of drug-likeness (QED) is 0.597. The second kappa shape index (κ2) is 8.25. The van der Waals surface area contributed by atoms with Gasteiger partial charge in [-0.25, -0.2) is 4.31 Å². The number of hydrogen-bond acceptors (Lipinski definition) is 5. The molecule has 1 aromatic heterocycles. The van der Waals surface area contributed by atoms with E-state index in [9.17, 15) is 14.7 Å². The third kappa shape index (κ3) is 5.25. The maximum atomic E-state index is 10.8. The molecule has 0 aliphatic carbocycles. The number of nitrogens with zero attached hydrogens (tertiary/aromatic N) is 1. The van der Waals surface area contributed by atoms with Crippen LogP contribution in [0.15, 0.2) is 40.9 Å². The van der Waals surface area contributed by atoms with Crippen molar-refractivity contribution in [2.45, 2.75) is 13.8 Å². The highest BCUT2D eigenvalue weighted by atomic mass is 32.5. The van der Waals surface area contributed by atoms with Gasteiger partial charge in [-0.3, -0.25) is 0 Å². The summed E-state index contributed by atoms with van der Waals surface area (Å²) in [5.74, 6) is 1.55. The van der Waals surface area contributed by atoms with Gasteiger partial charge in [0.25, 0.3) is 5.88 Å². The van der Waals surface area contributed by atoms with Crippen LogP contribution in [-0.2, 0) is 26.2 Å². The Morgan fingerprint density at radius 2 is 1.79 bits per heavy atom. The number of rotatable bonds is 7. The summed E-state index contributed by atoms with van der Waals surface area (Å²) in [5, 5.41) is 3.77. The Bertz CT molecular complexity index is 783. The fraction of sp³-hybridized carbons (Fsp3) is 0.308. The molecule has 0 radical (unpaired) electrons. The molecular weight excluding hydrogens is 392 g/mol. The molecule has 2 rings (SSSR count). The Kier molecular flexibility index (Phi) is 6.82. The maximum Gasteiger partial charge on any atom is 0.343 e. The number of hydrogen-bond donors (Lipinski definition) is 3. The van der Waals surface area contributed by atoms with Crippen molar-refractivity contribution in [1.82, 2.24) is 5.16 Å². The summed E-state index contributed by atoms with van der Waals surface area (Å²) in [6.45, 7) is -4.05. The van der Waals surface area contributed by atoms with Crippen molar-refractivity contribution in [2.75, 3.05) is 11.5 Å². The van der Waals surface area contributed by atoms with Crippen LogP contribution in [0.2, 0.25) is 0 Å². The molecule has 1 atom stereocenters. The van der Waals surface area contributed by atoms with Gasteiger partial charge in [0.1, 0.15) is 0 Å². The number of aromatic nitrogens is 1. The van der Waals surface area contributed by atoms with Gasteiger partial charge in [-0.1, -0.05) is 44.2 Å². The minimum Gasteiger partial charge on any atom is -0.406 e. The molecule has 3 N–H and O–H groups in total. The van der Waals surface area contributed by atoms with Gasteiger partial charge in [0, 0.05) is 5.56 Å². The molecule has 11 heteroatoms. The van der Waals surface area contributed by atoms with E-state index in [0.717, 1.165) is 5.56 Å². The van der Waals surface area contributed by atoms with Crippen molar-refractivity contribution in [2.24, 2.45) is 0 Å². The third-order valence-corrected chi connectivity index (χ3v) is 12.0. The highest BCUT2D eigenvalue weighted by Crippen LogP contribution is 2.60. The van der Waals surface area contributed by atoms with Gasteiger partial charge in [0.05, 0.1) is 6.07 Å². The number of benzene rings is 1. The molecule has 2 aromatic rings. The van der Waals surface area contributed by atoms with E-state index in [4.69, 9.17) is 13.4 Å². The lowest BCUT2D eigenvalue weighted by Gasteiger charge is -2.24. The van der Waals surface area contributed by atoms with E-state index in [0.29, 0.717) is 17.3 Å². The topological polar surface area (TPSA) is 105 Å². The molecule has 7 nitrogen and oxygen atoms in total. The summed E-state index contributed by atoms with van der Waals surface area (Å²) in [7, 11) is -0.742. The predicted molar refractivity (Wildman–Crippen MR) is 100.0 cm³/mol. The first kappa shape index (κ1) is 19.8. The fourth-order valence-corrected chi connectivity index (χ4v) is 10.4. The summed E-state index contributed by atoms with van der Waals surface area (Å²) in [6, 6.07) is 10.8. The van der Waals surface area contributed by atoms with Crippen molar-refractivity contribution in [3.8, 4) is 17.2 Å². The van der Waals surface area contributed by atoms with Crippen LogP contribution in [0.5, 0.6) is 5.88 Å². The van der Waals surface area contributed by atoms with Gasteiger partial charge < -0.3 is 23.7 Å². The van der Waals surface area contributed by atoms with E-state index < -0.39 is 23.5 Å². The van der Waals surface area contributed by atoms with Crippen LogP contribution < -0.4 is 4.52 Å². The monoisotopic (exact) mass is 411 g/mol. The molecule has 1 aromatic carbocycles. The molecular formula is C13H19NO6P2S2. The van der Waals surface area contributed by atoms with Crippen LogP contribution in [0, 0.1) is 0 Å². The van der Waals surface area contributed by atoms with E-state index in [2.05, 4.69) is 17.0 Å². The first-order valence-electron chi connectivity index (χ1n) is 7.06. The summed E-state index contributed by atoms with van der Waals surface area (Å²) >= 11 is 4.49. The van der Waals surface area contributed by atoms with E-state index in [-0.39, 0.29) is 5.88 Å². The molecule has 0 spiro atoms. The van der Waals surface area contributed by atoms with Crippen LogP contribution >= 0.6 is 13.4 Å². The molecule has 0 aliphatic heterocycles. The van der Waals surface area contributed by atoms with Crippen LogP contribution in [0.4, 0.5) is 0 Å². The molecule has 0 saturated heterocycles. The van der Waals surface area contributed by atoms with Crippen LogP contribution in [0.25, 0.3) is 11.3 Å². The fourth-order valence-electron chi connectivity index (χ4n) is 1.94. The first-order valence-corrected chi connectivity index (χ1v) is 13.4. The molecule has 0 bridgehead atoms. The molecule has 0 fully saturated rings. The van der Waals surface area contributed by atoms with E-state index in [1.165, 1.54) is 6.07 Å². The molecule has 0 saturated carbocycles. The molecule has 1 unspecified atom stereocenters. The van der Waals surface area contributed by atoms with E-state index >= 15 is 0 Å². The molecule has 24 heavy (non-hydrogen) atoms. The lowest BCUT2D eigenvalue weighted by Crippen LogP contribution is -2.07. The first-order chi connectivity index (χ1) is 11.3. The Morgan fingerprint density at radius 1 is 1.17 bits per heavy atom. The largest absolute Gasteiger partial charge is 0.406 e. The van der Waals surface area contributed by atoms with E-state index in [1.807, 2.05) is 44.2 Å². The van der Waals surface area contributed by atoms with Crippen LogP contribution in [0.1, 0.15) is 13.8 Å². The zero-order chi connectivity index (χ0) is 17.8. The summed E-state index contributed by atoms with van der Waals surface area (Å²) in [6.07, 6.45) is 0. The molecule has 1 heterocycles. The Hall–Kier alpha value is -0.500. The molecule has 0 aliphatic rings. The zero-order valence-corrected chi connectivity index (χ0v) is 16.5. The minimum atomic E-state index is -4.10. The van der Waals surface area contributed by atoms with Crippen molar-refractivity contribution < 1.29 is 28.0 Å². The lowest BCUT2D eigenvalue weighted by molar-refractivity contribution is 0.311. The second-order valence-corrected chi connectivity index (χ2v) is 13.8. The molecule has 134 valence electrons. The average Bonchev–Trinajstić information content (AvgIpc) is 2.95. The lowest BCUT2D eigenvalue weighted by atomic mass is 10.2. The van der Waals surface area contributed by atoms with Crippen molar-refractivity contribution >= 4 is 35.3 Å². The minimum absolute atomic E-state index is 0.00698. The molecule has 0 amide bonds. The summed E-state index contributed by atoms with van der Waals surface area (Å²) < 4.78 is 15.7. The van der Waals surface area contributed by atoms with Crippen LogP contribution in [-0.4, -0.2) is 31.3 Å². The SMILES string of the molecule is CCS(CC)=P(O)(Oc1cc(-c2ccccc2)on1)OP(O)(O)=S. The summed E-state index contributed by atoms with van der Waals surface area (Å²) in [5.41, 5.74) is 0.794. The average molecular weight is 411 g/mol. The van der Waals surface area contributed by atoms with Crippen molar-refractivity contribution in [1.29, 1.82) is 0 Å². The predicted octanol–water partition coefficient (Wildman–Crippen LogP) is 3.27. The zero-order valence-electron chi connectivity index (χ0n) is 13.1. The highest BCUT2D eigenvalue weighted by molar-refractivity contribution is 8.29. The normalized spacial score (nSPS) is 14.6. The van der Waals surface area contributed by atoms with Gasteiger partial charge in [-0.15, -0.1) is 10.1 Å². The Morgan fingerprint density at radius 3 is 2.33 bits per heavy atom. The van der Waals surface area contributed by atoms with Crippen molar-refractivity contribution in [3.05, 3.63) is 36.4 Å². The van der Waals surface area contributed by atoms with Gasteiger partial charge >= 0.3 is 13.4 Å². The Balaban J connectivity index is 2.36. The maximum absolute atomic E-state index is 10.8. The second-order valence-electron chi connectivity index (χ2n) is 4.57. The summed E-state index contributed by atoms with van der Waals surface area (Å²) in [4.78, 5) is 29.7. The van der Waals surface area contributed by atoms with Crippen LogP contribution in [0.3, 0.4) is 0 Å². The van der Waals surface area contributed by atoms with Gasteiger partial charge in [0.2, 0.25) is 0 Å². The highest BCUT2D eigenvalue weighted by Gasteiger charge is 2.30. The van der Waals surface area contributed by atoms with Gasteiger partial charge in [0.15, 0.2) is 5.76 Å². The van der Waals surface area contributed by atoms with E-state index in [1.54, 1.807) is 0 Å². The smallest absolute Gasteiger partial charge is 0.343 e.